The summed E-state index contributed by atoms with van der Waals surface area (Å²) >= 11 is 0. The molecule has 6 nitrogen and oxygen atoms in total. The van der Waals surface area contributed by atoms with Crippen LogP contribution in [-0.2, 0) is 6.54 Å². The molecule has 0 fully saturated rings. The van der Waals surface area contributed by atoms with E-state index in [1.165, 1.54) is 4.68 Å². The Labute approximate surface area is 63.0 Å². The van der Waals surface area contributed by atoms with Crippen molar-refractivity contribution in [2.24, 2.45) is 0 Å². The van der Waals surface area contributed by atoms with Gasteiger partial charge in [-0.05, 0) is 0 Å². The maximum Gasteiger partial charge on any atom is 0.256 e. The van der Waals surface area contributed by atoms with E-state index in [2.05, 4.69) is 5.10 Å². The molecule has 0 aromatic carbocycles. The van der Waals surface area contributed by atoms with Gasteiger partial charge in [-0.2, -0.15) is 0 Å². The Hall–Kier alpha value is -1.43. The maximum absolute atomic E-state index is 8.93. The summed E-state index contributed by atoms with van der Waals surface area (Å²) in [7, 11) is 0. The Morgan fingerprint density at radius 1 is 1.45 bits per heavy atom. The molecular weight excluding hydrogens is 148 g/mol. The van der Waals surface area contributed by atoms with Crippen LogP contribution in [0.15, 0.2) is 0 Å². The third-order valence-electron chi connectivity index (χ3n) is 1.32. The molecule has 6 N–H and O–H groups in total. The molecule has 6 heteroatoms. The Morgan fingerprint density at radius 2 is 2.09 bits per heavy atom. The predicted molar refractivity (Wildman–Crippen MR) is 39.8 cm³/mol. The van der Waals surface area contributed by atoms with Crippen LogP contribution in [0.3, 0.4) is 0 Å². The second-order valence-electron chi connectivity index (χ2n) is 2.07. The van der Waals surface area contributed by atoms with E-state index in [1.54, 1.807) is 0 Å². The SMILES string of the molecule is Nc1c(O)nn(CCO)c1N. The summed E-state index contributed by atoms with van der Waals surface area (Å²) in [5.74, 6) is -0.118. The first-order valence-electron chi connectivity index (χ1n) is 3.08. The maximum atomic E-state index is 8.93. The van der Waals surface area contributed by atoms with Crippen LogP contribution in [0.4, 0.5) is 11.5 Å². The molecule has 0 aliphatic heterocycles. The summed E-state index contributed by atoms with van der Waals surface area (Å²) < 4.78 is 1.24. The number of nitrogen functional groups attached to an aromatic ring is 2. The van der Waals surface area contributed by atoms with E-state index < -0.39 is 0 Å². The highest BCUT2D eigenvalue weighted by Gasteiger charge is 2.09. The van der Waals surface area contributed by atoms with E-state index in [-0.39, 0.29) is 30.5 Å². The van der Waals surface area contributed by atoms with Gasteiger partial charge in [0.1, 0.15) is 11.5 Å². The van der Waals surface area contributed by atoms with E-state index in [0.29, 0.717) is 0 Å². The molecule has 0 atom stereocenters. The molecular formula is C5H10N4O2. The van der Waals surface area contributed by atoms with Gasteiger partial charge in [-0.15, -0.1) is 5.10 Å². The van der Waals surface area contributed by atoms with Gasteiger partial charge in [-0.1, -0.05) is 0 Å². The fourth-order valence-corrected chi connectivity index (χ4v) is 0.741. The van der Waals surface area contributed by atoms with Crippen LogP contribution in [-0.4, -0.2) is 26.6 Å². The molecule has 0 aliphatic rings. The van der Waals surface area contributed by atoms with Crippen LogP contribution in [0.5, 0.6) is 5.88 Å². The van der Waals surface area contributed by atoms with Gasteiger partial charge in [-0.3, -0.25) is 0 Å². The summed E-state index contributed by atoms with van der Waals surface area (Å²) in [6.45, 7) is 0.140. The number of aromatic hydroxyl groups is 1. The van der Waals surface area contributed by atoms with Crippen molar-refractivity contribution < 1.29 is 10.2 Å². The third kappa shape index (κ3) is 1.20. The van der Waals surface area contributed by atoms with Gasteiger partial charge in [0.15, 0.2) is 0 Å². The normalized spacial score (nSPS) is 10.3. The van der Waals surface area contributed by atoms with Crippen molar-refractivity contribution in [1.29, 1.82) is 0 Å². The highest BCUT2D eigenvalue weighted by Crippen LogP contribution is 2.24. The summed E-state index contributed by atoms with van der Waals surface area (Å²) in [6.07, 6.45) is 0. The highest BCUT2D eigenvalue weighted by atomic mass is 16.3. The standard InChI is InChI=1S/C5H10N4O2/c6-3-4(7)9(1-2-10)8-5(3)11/h10H,1-2,6-7H2,(H,8,11). The van der Waals surface area contributed by atoms with Gasteiger partial charge < -0.3 is 21.7 Å². The molecule has 0 amide bonds. The van der Waals surface area contributed by atoms with Crippen LogP contribution in [0.1, 0.15) is 0 Å². The first-order chi connectivity index (χ1) is 5.16. The minimum atomic E-state index is -0.295. The Bertz CT molecular complexity index is 257. The molecule has 1 rings (SSSR count). The number of aliphatic hydroxyl groups is 1. The second-order valence-corrected chi connectivity index (χ2v) is 2.07. The lowest BCUT2D eigenvalue weighted by Crippen LogP contribution is -2.07. The molecule has 0 saturated heterocycles. The van der Waals surface area contributed by atoms with Crippen LogP contribution in [0.2, 0.25) is 0 Å². The van der Waals surface area contributed by atoms with Crippen LogP contribution < -0.4 is 11.5 Å². The van der Waals surface area contributed by atoms with E-state index in [9.17, 15) is 0 Å². The lowest BCUT2D eigenvalue weighted by molar-refractivity contribution is 0.269. The molecule has 0 unspecified atom stereocenters. The highest BCUT2D eigenvalue weighted by molar-refractivity contribution is 5.64. The van der Waals surface area contributed by atoms with Gasteiger partial charge in [0.25, 0.3) is 5.88 Å². The average molecular weight is 158 g/mol. The lowest BCUT2D eigenvalue weighted by Gasteiger charge is -1.98. The van der Waals surface area contributed by atoms with Gasteiger partial charge >= 0.3 is 0 Å². The zero-order valence-corrected chi connectivity index (χ0v) is 5.86. The average Bonchev–Trinajstić information content (AvgIpc) is 2.19. The fraction of sp³-hybridized carbons (Fsp3) is 0.400. The molecule has 0 saturated carbocycles. The fourth-order valence-electron chi connectivity index (χ4n) is 0.741. The Balaban J connectivity index is 2.98. The summed E-state index contributed by atoms with van der Waals surface area (Å²) in [5, 5.41) is 21.0. The molecule has 1 aromatic rings. The van der Waals surface area contributed by atoms with Crippen molar-refractivity contribution in [1.82, 2.24) is 9.78 Å². The number of aliphatic hydroxyl groups excluding tert-OH is 1. The van der Waals surface area contributed by atoms with Gasteiger partial charge in [-0.25, -0.2) is 4.68 Å². The van der Waals surface area contributed by atoms with Gasteiger partial charge in [0, 0.05) is 0 Å². The summed E-state index contributed by atoms with van der Waals surface area (Å²) in [5.41, 5.74) is 10.7. The van der Waals surface area contributed by atoms with E-state index in [4.69, 9.17) is 21.7 Å². The lowest BCUT2D eigenvalue weighted by atomic mass is 10.5. The molecule has 62 valence electrons. The zero-order chi connectivity index (χ0) is 8.43. The van der Waals surface area contributed by atoms with Crippen molar-refractivity contribution in [2.45, 2.75) is 6.54 Å². The Morgan fingerprint density at radius 3 is 2.45 bits per heavy atom. The molecule has 1 heterocycles. The van der Waals surface area contributed by atoms with Crippen molar-refractivity contribution in [3.05, 3.63) is 0 Å². The number of aromatic nitrogens is 2. The monoisotopic (exact) mass is 158 g/mol. The van der Waals surface area contributed by atoms with E-state index in [1.807, 2.05) is 0 Å². The number of nitrogens with zero attached hydrogens (tertiary/aromatic N) is 2. The Kier molecular flexibility index (Phi) is 1.86. The summed E-state index contributed by atoms with van der Waals surface area (Å²) in [6, 6.07) is 0. The number of nitrogens with two attached hydrogens (primary N) is 2. The van der Waals surface area contributed by atoms with Crippen molar-refractivity contribution in [2.75, 3.05) is 18.1 Å². The first kappa shape index (κ1) is 7.67. The minimum absolute atomic E-state index is 0.0541. The number of rotatable bonds is 2. The quantitative estimate of drug-likeness (QED) is 0.429. The predicted octanol–water partition coefficient (Wildman–Crippen LogP) is -1.25. The largest absolute Gasteiger partial charge is 0.491 e. The first-order valence-corrected chi connectivity index (χ1v) is 3.08. The van der Waals surface area contributed by atoms with Crippen LogP contribution >= 0.6 is 0 Å². The van der Waals surface area contributed by atoms with Crippen molar-refractivity contribution >= 4 is 11.5 Å². The van der Waals surface area contributed by atoms with Crippen LogP contribution in [0, 0.1) is 0 Å². The molecule has 0 bridgehead atoms. The molecule has 11 heavy (non-hydrogen) atoms. The number of anilines is 2. The molecule has 0 radical (unpaired) electrons. The molecule has 0 aliphatic carbocycles. The third-order valence-corrected chi connectivity index (χ3v) is 1.32. The molecule has 0 spiro atoms. The van der Waals surface area contributed by atoms with E-state index >= 15 is 0 Å². The molecule has 1 aromatic heterocycles. The summed E-state index contributed by atoms with van der Waals surface area (Å²) in [4.78, 5) is 0. The van der Waals surface area contributed by atoms with E-state index in [0.717, 1.165) is 0 Å². The number of hydrogen-bond donors (Lipinski definition) is 4. The van der Waals surface area contributed by atoms with Gasteiger partial charge in [0.2, 0.25) is 0 Å². The smallest absolute Gasteiger partial charge is 0.256 e. The second kappa shape index (κ2) is 2.67. The van der Waals surface area contributed by atoms with Crippen molar-refractivity contribution in [3.8, 4) is 5.88 Å². The minimum Gasteiger partial charge on any atom is -0.491 e. The van der Waals surface area contributed by atoms with Crippen molar-refractivity contribution in [3.63, 3.8) is 0 Å². The van der Waals surface area contributed by atoms with Crippen LogP contribution in [0.25, 0.3) is 0 Å². The number of hydrogen-bond acceptors (Lipinski definition) is 5. The topological polar surface area (TPSA) is 110 Å². The van der Waals surface area contributed by atoms with Gasteiger partial charge in [0.05, 0.1) is 13.2 Å². The zero-order valence-electron chi connectivity index (χ0n) is 5.86.